The van der Waals surface area contributed by atoms with Crippen LogP contribution in [-0.4, -0.2) is 25.6 Å². The molecule has 1 N–H and O–H groups in total. The zero-order chi connectivity index (χ0) is 18.8. The van der Waals surface area contributed by atoms with E-state index in [1.807, 2.05) is 6.07 Å². The van der Waals surface area contributed by atoms with Crippen molar-refractivity contribution >= 4 is 0 Å². The predicted octanol–water partition coefficient (Wildman–Crippen LogP) is 4.50. The molecule has 5 nitrogen and oxygen atoms in total. The molecule has 3 rings (SSSR count). The maximum absolute atomic E-state index is 3.79. The fourth-order valence-electron chi connectivity index (χ4n) is 2.05. The van der Waals surface area contributed by atoms with Crippen LogP contribution in [0.1, 0.15) is 48.1 Å². The van der Waals surface area contributed by atoms with Crippen molar-refractivity contribution in [3.63, 3.8) is 0 Å². The first-order valence-corrected chi connectivity index (χ1v) is 8.44. The van der Waals surface area contributed by atoms with Gasteiger partial charge in [0.05, 0.1) is 0 Å². The van der Waals surface area contributed by atoms with Gasteiger partial charge in [-0.05, 0) is 5.21 Å². The molecule has 0 saturated carbocycles. The molecular formula is C20H27N5W. The van der Waals surface area contributed by atoms with E-state index in [0.29, 0.717) is 5.82 Å². The average Bonchev–Trinajstić information content (AvgIpc) is 3.15. The van der Waals surface area contributed by atoms with E-state index in [1.54, 1.807) is 12.3 Å². The first kappa shape index (κ1) is 24.1. The average molecular weight is 521 g/mol. The van der Waals surface area contributed by atoms with Crippen LogP contribution in [-0.2, 0) is 21.1 Å². The summed E-state index contributed by atoms with van der Waals surface area (Å²) < 4.78 is 0. The second-order valence-corrected chi connectivity index (χ2v) is 5.87. The van der Waals surface area contributed by atoms with Gasteiger partial charge < -0.3 is 4.98 Å². The number of aromatic nitrogens is 5. The van der Waals surface area contributed by atoms with Gasteiger partial charge in [-0.25, -0.2) is 0 Å². The van der Waals surface area contributed by atoms with Crippen molar-refractivity contribution in [1.29, 1.82) is 0 Å². The Balaban J connectivity index is 0.000000405. The van der Waals surface area contributed by atoms with Crippen molar-refractivity contribution < 1.29 is 21.1 Å². The van der Waals surface area contributed by atoms with Crippen LogP contribution >= 0.6 is 0 Å². The third-order valence-electron chi connectivity index (χ3n) is 3.84. The van der Waals surface area contributed by atoms with Gasteiger partial charge in [-0.2, -0.15) is 51.2 Å². The minimum absolute atomic E-state index is 0. The molecule has 3 aromatic rings. The zero-order valence-electron chi connectivity index (χ0n) is 16.6. The molecule has 0 fully saturated rings. The summed E-state index contributed by atoms with van der Waals surface area (Å²) in [6.45, 7) is 15.0. The quantitative estimate of drug-likeness (QED) is 0.479. The summed E-state index contributed by atoms with van der Waals surface area (Å²) in [5.41, 5.74) is 7.58. The summed E-state index contributed by atoms with van der Waals surface area (Å²) in [4.78, 5) is 3.79. The van der Waals surface area contributed by atoms with Crippen molar-refractivity contribution in [3.05, 3.63) is 58.4 Å². The SMILES string of the molecule is CCC.Cc1[c-]c(C)c(C)c(C)c1C.[W+2].[c-]1ccc(-c2nn[nH]n2)cn1. The molecule has 0 aliphatic heterocycles. The van der Waals surface area contributed by atoms with E-state index in [2.05, 4.69) is 86.3 Å². The summed E-state index contributed by atoms with van der Waals surface area (Å²) in [5, 5.41) is 13.4. The van der Waals surface area contributed by atoms with Crippen LogP contribution < -0.4 is 0 Å². The smallest absolute Gasteiger partial charge is 0.394 e. The van der Waals surface area contributed by atoms with Crippen molar-refractivity contribution in [2.45, 2.75) is 54.9 Å². The minimum atomic E-state index is 0. The summed E-state index contributed by atoms with van der Waals surface area (Å²) in [7, 11) is 0. The van der Waals surface area contributed by atoms with E-state index in [1.165, 1.54) is 34.2 Å². The number of nitrogens with one attached hydrogen (secondary N) is 1. The summed E-state index contributed by atoms with van der Waals surface area (Å²) >= 11 is 0. The van der Waals surface area contributed by atoms with E-state index in [4.69, 9.17) is 0 Å². The molecule has 0 aliphatic rings. The number of benzene rings is 1. The Morgan fingerprint density at radius 2 is 1.54 bits per heavy atom. The van der Waals surface area contributed by atoms with Gasteiger partial charge in [0.15, 0.2) is 5.82 Å². The van der Waals surface area contributed by atoms with Crippen LogP contribution in [0, 0.1) is 46.9 Å². The van der Waals surface area contributed by atoms with E-state index < -0.39 is 0 Å². The van der Waals surface area contributed by atoms with Gasteiger partial charge in [-0.3, -0.25) is 0 Å². The molecule has 0 amide bonds. The molecule has 6 heteroatoms. The van der Waals surface area contributed by atoms with Gasteiger partial charge in [0.25, 0.3) is 0 Å². The van der Waals surface area contributed by atoms with E-state index in [9.17, 15) is 0 Å². The number of aromatic amines is 1. The van der Waals surface area contributed by atoms with E-state index in [0.717, 1.165) is 5.56 Å². The number of hydrogen-bond acceptors (Lipinski definition) is 4. The van der Waals surface area contributed by atoms with Crippen LogP contribution in [0.15, 0.2) is 18.3 Å². The van der Waals surface area contributed by atoms with Crippen molar-refractivity contribution in [2.24, 2.45) is 0 Å². The number of hydrogen-bond donors (Lipinski definition) is 1. The molecule has 0 unspecified atom stereocenters. The Labute approximate surface area is 171 Å². The fraction of sp³-hybridized carbons (Fsp3) is 0.400. The second kappa shape index (κ2) is 12.5. The first-order chi connectivity index (χ1) is 11.9. The molecule has 0 atom stereocenters. The Hall–Kier alpha value is -1.87. The summed E-state index contributed by atoms with van der Waals surface area (Å²) in [6.07, 6.45) is 5.54. The van der Waals surface area contributed by atoms with E-state index >= 15 is 0 Å². The summed E-state index contributed by atoms with van der Waals surface area (Å²) in [6, 6.07) is 6.86. The predicted molar refractivity (Wildman–Crippen MR) is 101 cm³/mol. The van der Waals surface area contributed by atoms with Gasteiger partial charge in [0, 0.05) is 0 Å². The molecule has 0 saturated heterocycles. The van der Waals surface area contributed by atoms with Gasteiger partial charge >= 0.3 is 21.1 Å². The summed E-state index contributed by atoms with van der Waals surface area (Å²) in [5.74, 6) is 0.548. The van der Waals surface area contributed by atoms with Crippen molar-refractivity contribution in [2.75, 3.05) is 0 Å². The molecule has 26 heavy (non-hydrogen) atoms. The molecule has 2 heterocycles. The molecule has 0 bridgehead atoms. The largest absolute Gasteiger partial charge is 2.00 e. The molecule has 2 aromatic heterocycles. The first-order valence-electron chi connectivity index (χ1n) is 8.44. The number of nitrogens with zero attached hydrogens (tertiary/aromatic N) is 4. The van der Waals surface area contributed by atoms with Crippen LogP contribution in [0.2, 0.25) is 0 Å². The Morgan fingerprint density at radius 1 is 0.962 bits per heavy atom. The molecule has 1 aromatic carbocycles. The van der Waals surface area contributed by atoms with Crippen LogP contribution in [0.25, 0.3) is 11.4 Å². The minimum Gasteiger partial charge on any atom is -0.394 e. The maximum Gasteiger partial charge on any atom is 2.00 e. The Morgan fingerprint density at radius 3 is 1.96 bits per heavy atom. The topological polar surface area (TPSA) is 67.3 Å². The number of pyridine rings is 1. The Kier molecular flexibility index (Phi) is 11.6. The molecule has 138 valence electrons. The second-order valence-electron chi connectivity index (χ2n) is 5.87. The standard InChI is InChI=1S/C11H15.C6H4N5.C3H8.W/c1-7-6-8(2)10(4)11(5)9(7)3;1-2-5(4-7-3-1)6-8-10-11-9-6;1-3-2;/h1-5H3;1-2,4H,(H,8,9,10,11);3H2,1-2H3;/q2*-1;;+2. The van der Waals surface area contributed by atoms with Crippen LogP contribution in [0.5, 0.6) is 0 Å². The number of H-pyrrole nitrogens is 1. The zero-order valence-corrected chi connectivity index (χ0v) is 19.6. The van der Waals surface area contributed by atoms with Gasteiger partial charge in [0.1, 0.15) is 0 Å². The van der Waals surface area contributed by atoms with Gasteiger partial charge in [-0.15, -0.1) is 10.2 Å². The fourth-order valence-corrected chi connectivity index (χ4v) is 2.05. The number of rotatable bonds is 1. The van der Waals surface area contributed by atoms with Gasteiger partial charge in [-0.1, -0.05) is 72.8 Å². The maximum atomic E-state index is 3.79. The molecule has 0 aliphatic carbocycles. The normalized spacial score (nSPS) is 9.19. The van der Waals surface area contributed by atoms with Crippen molar-refractivity contribution in [1.82, 2.24) is 25.6 Å². The number of aryl methyl sites for hydroxylation is 2. The molecule has 0 radical (unpaired) electrons. The van der Waals surface area contributed by atoms with Gasteiger partial charge in [0.2, 0.25) is 0 Å². The number of tetrazole rings is 1. The van der Waals surface area contributed by atoms with Crippen molar-refractivity contribution in [3.8, 4) is 11.4 Å². The van der Waals surface area contributed by atoms with Crippen LogP contribution in [0.4, 0.5) is 0 Å². The monoisotopic (exact) mass is 521 g/mol. The third-order valence-corrected chi connectivity index (χ3v) is 3.84. The molecular weight excluding hydrogens is 494 g/mol. The Bertz CT molecular complexity index is 729. The van der Waals surface area contributed by atoms with E-state index in [-0.39, 0.29) is 21.1 Å². The third kappa shape index (κ3) is 7.17. The van der Waals surface area contributed by atoms with Crippen LogP contribution in [0.3, 0.4) is 0 Å². The molecule has 0 spiro atoms.